The predicted octanol–water partition coefficient (Wildman–Crippen LogP) is 4.20. The number of rotatable bonds is 3. The van der Waals surface area contributed by atoms with Crippen LogP contribution in [0.25, 0.3) is 0 Å². The number of amides is 1. The Bertz CT molecular complexity index is 1220. The number of likely N-dealkylation sites (tertiary alicyclic amines) is 1. The number of nitrogens with zero attached hydrogens (tertiary/aromatic N) is 4. The van der Waals surface area contributed by atoms with Gasteiger partial charge in [0.25, 0.3) is 0 Å². The van der Waals surface area contributed by atoms with Gasteiger partial charge in [-0.1, -0.05) is 0 Å². The van der Waals surface area contributed by atoms with Gasteiger partial charge in [0, 0.05) is 24.1 Å². The molecular formula is C25H26F5N5O2. The number of hydrogen-bond acceptors (Lipinski definition) is 6. The molecule has 0 spiro atoms. The van der Waals surface area contributed by atoms with Gasteiger partial charge >= 0.3 is 6.18 Å². The molecule has 0 saturated carbocycles. The van der Waals surface area contributed by atoms with Crippen molar-refractivity contribution in [2.45, 2.75) is 44.1 Å². The van der Waals surface area contributed by atoms with E-state index in [-0.39, 0.29) is 50.5 Å². The molecule has 1 N–H and O–H groups in total. The standard InChI is InChI=1S/C25H26F5N5O2/c26-16-5-15-10-35(24(36)14-1-3-33(4-2-14)13-25(28,29)30)22-8-21(34-11-18-6-17(34)12-37-18)19(27)7-20(22)32-23(15)31-9-16/h5,7-9,14,17-18H,1-4,6,10-13H2,(H,31,32)/t17-,18-/m0/s1. The van der Waals surface area contributed by atoms with Crippen LogP contribution in [0.15, 0.2) is 24.4 Å². The molecule has 1 aromatic heterocycles. The number of fused-ring (bicyclic) bond motifs is 4. The van der Waals surface area contributed by atoms with E-state index in [1.807, 2.05) is 4.90 Å². The largest absolute Gasteiger partial charge is 0.401 e. The van der Waals surface area contributed by atoms with E-state index in [1.54, 1.807) is 6.07 Å². The van der Waals surface area contributed by atoms with Gasteiger partial charge in [0.05, 0.1) is 55.1 Å². The molecule has 2 bridgehead atoms. The molecule has 198 valence electrons. The van der Waals surface area contributed by atoms with E-state index < -0.39 is 30.3 Å². The average molecular weight is 524 g/mol. The van der Waals surface area contributed by atoms with Crippen LogP contribution < -0.4 is 15.1 Å². The maximum atomic E-state index is 15.4. The van der Waals surface area contributed by atoms with Crippen molar-refractivity contribution in [1.82, 2.24) is 9.88 Å². The van der Waals surface area contributed by atoms with Gasteiger partial charge in [0.15, 0.2) is 0 Å². The Morgan fingerprint density at radius 3 is 2.59 bits per heavy atom. The number of piperidine rings is 1. The highest BCUT2D eigenvalue weighted by atomic mass is 19.4. The summed E-state index contributed by atoms with van der Waals surface area (Å²) in [4.78, 5) is 22.7. The quantitative estimate of drug-likeness (QED) is 0.609. The number of nitrogens with one attached hydrogen (secondary N) is 1. The maximum Gasteiger partial charge on any atom is 0.401 e. The fourth-order valence-electron chi connectivity index (χ4n) is 5.89. The molecule has 0 aliphatic carbocycles. The van der Waals surface area contributed by atoms with Gasteiger partial charge in [-0.15, -0.1) is 0 Å². The molecule has 0 radical (unpaired) electrons. The summed E-state index contributed by atoms with van der Waals surface area (Å²) in [6.07, 6.45) is -1.87. The molecule has 2 aromatic rings. The summed E-state index contributed by atoms with van der Waals surface area (Å²) in [6, 6.07) is 4.29. The second-order valence-corrected chi connectivity index (χ2v) is 10.2. The summed E-state index contributed by atoms with van der Waals surface area (Å²) in [7, 11) is 0. The molecule has 4 aliphatic heterocycles. The molecule has 5 heterocycles. The molecule has 4 aliphatic rings. The van der Waals surface area contributed by atoms with Crippen LogP contribution in [0.4, 0.5) is 44.8 Å². The van der Waals surface area contributed by atoms with Gasteiger partial charge in [0.1, 0.15) is 17.5 Å². The monoisotopic (exact) mass is 523 g/mol. The Morgan fingerprint density at radius 2 is 1.92 bits per heavy atom. The summed E-state index contributed by atoms with van der Waals surface area (Å²) in [5, 5.41) is 3.06. The lowest BCUT2D eigenvalue weighted by atomic mass is 9.94. The molecule has 2 atom stereocenters. The number of anilines is 4. The van der Waals surface area contributed by atoms with Crippen molar-refractivity contribution in [3.63, 3.8) is 0 Å². The molecule has 7 nitrogen and oxygen atoms in total. The van der Waals surface area contributed by atoms with Crippen molar-refractivity contribution < 1.29 is 31.5 Å². The lowest BCUT2D eigenvalue weighted by Gasteiger charge is -2.35. The number of ether oxygens (including phenoxy) is 1. The van der Waals surface area contributed by atoms with Crippen molar-refractivity contribution in [3.8, 4) is 0 Å². The van der Waals surface area contributed by atoms with Crippen LogP contribution in [0, 0.1) is 17.6 Å². The molecule has 1 aromatic carbocycles. The van der Waals surface area contributed by atoms with Gasteiger partial charge in [0.2, 0.25) is 5.91 Å². The zero-order chi connectivity index (χ0) is 25.9. The smallest absolute Gasteiger partial charge is 0.374 e. The number of carbonyl (C=O) groups is 1. The van der Waals surface area contributed by atoms with Crippen LogP contribution in [-0.2, 0) is 16.1 Å². The Kier molecular flexibility index (Phi) is 5.98. The Morgan fingerprint density at radius 1 is 1.14 bits per heavy atom. The Hall–Kier alpha value is -2.99. The van der Waals surface area contributed by atoms with Crippen LogP contribution in [0.1, 0.15) is 24.8 Å². The first kappa shape index (κ1) is 24.4. The second kappa shape index (κ2) is 9.09. The second-order valence-electron chi connectivity index (χ2n) is 10.2. The molecule has 37 heavy (non-hydrogen) atoms. The third kappa shape index (κ3) is 4.72. The van der Waals surface area contributed by atoms with Gasteiger partial charge in [-0.3, -0.25) is 9.69 Å². The number of morpholine rings is 1. The van der Waals surface area contributed by atoms with E-state index in [9.17, 15) is 22.4 Å². The van der Waals surface area contributed by atoms with Crippen molar-refractivity contribution in [2.24, 2.45) is 5.92 Å². The first-order valence-electron chi connectivity index (χ1n) is 12.4. The fourth-order valence-corrected chi connectivity index (χ4v) is 5.89. The van der Waals surface area contributed by atoms with Crippen LogP contribution in [0.5, 0.6) is 0 Å². The topological polar surface area (TPSA) is 60.9 Å². The third-order valence-electron chi connectivity index (χ3n) is 7.69. The molecule has 1 amide bonds. The van der Waals surface area contributed by atoms with E-state index in [1.165, 1.54) is 21.9 Å². The first-order valence-corrected chi connectivity index (χ1v) is 12.4. The van der Waals surface area contributed by atoms with Gasteiger partial charge in [-0.05, 0) is 44.5 Å². The number of aromatic nitrogens is 1. The van der Waals surface area contributed by atoms with Crippen molar-refractivity contribution in [2.75, 3.05) is 47.9 Å². The average Bonchev–Trinajstić information content (AvgIpc) is 3.44. The van der Waals surface area contributed by atoms with Crippen LogP contribution >= 0.6 is 0 Å². The third-order valence-corrected chi connectivity index (χ3v) is 7.69. The normalized spacial score (nSPS) is 24.0. The van der Waals surface area contributed by atoms with Gasteiger partial charge in [-0.2, -0.15) is 13.2 Å². The number of halogens is 5. The van der Waals surface area contributed by atoms with Crippen molar-refractivity contribution in [1.29, 1.82) is 0 Å². The molecule has 0 unspecified atom stereocenters. The number of hydrogen-bond donors (Lipinski definition) is 1. The van der Waals surface area contributed by atoms with Crippen LogP contribution in [0.3, 0.4) is 0 Å². The highest BCUT2D eigenvalue weighted by Crippen LogP contribution is 2.43. The summed E-state index contributed by atoms with van der Waals surface area (Å²) >= 11 is 0. The molecular weight excluding hydrogens is 497 g/mol. The van der Waals surface area contributed by atoms with Crippen LogP contribution in [-0.4, -0.2) is 66.9 Å². The summed E-state index contributed by atoms with van der Waals surface area (Å²) in [5.74, 6) is -1.50. The fraction of sp³-hybridized carbons (Fsp3) is 0.520. The minimum Gasteiger partial charge on any atom is -0.374 e. The summed E-state index contributed by atoms with van der Waals surface area (Å²) < 4.78 is 73.6. The minimum absolute atomic E-state index is 0.00191. The summed E-state index contributed by atoms with van der Waals surface area (Å²) in [6.45, 7) is 0.342. The Balaban J connectivity index is 1.33. The number of benzene rings is 1. The SMILES string of the molecule is O=C(C1CCN(CC(F)(F)F)CC1)N1Cc2cc(F)cnc2Nc2cc(F)c(N3C[C@@H]4C[C@H]3CO4)cc21. The maximum absolute atomic E-state index is 15.4. The minimum atomic E-state index is -4.30. The predicted molar refractivity (Wildman–Crippen MR) is 126 cm³/mol. The van der Waals surface area contributed by atoms with E-state index >= 15 is 4.39 Å². The molecule has 6 rings (SSSR count). The molecule has 3 fully saturated rings. The number of carbonyl (C=O) groups excluding carboxylic acids is 1. The lowest BCUT2D eigenvalue weighted by molar-refractivity contribution is -0.149. The van der Waals surface area contributed by atoms with Gasteiger partial charge in [-0.25, -0.2) is 13.8 Å². The summed E-state index contributed by atoms with van der Waals surface area (Å²) in [5.41, 5.74) is 1.54. The van der Waals surface area contributed by atoms with Gasteiger partial charge < -0.3 is 19.9 Å². The van der Waals surface area contributed by atoms with Crippen molar-refractivity contribution in [3.05, 3.63) is 41.6 Å². The Labute approximate surface area is 210 Å². The van der Waals surface area contributed by atoms with Crippen molar-refractivity contribution >= 4 is 28.8 Å². The van der Waals surface area contributed by atoms with Crippen LogP contribution in [0.2, 0.25) is 0 Å². The highest BCUT2D eigenvalue weighted by Gasteiger charge is 2.41. The zero-order valence-corrected chi connectivity index (χ0v) is 19.9. The first-order chi connectivity index (χ1) is 17.6. The molecule has 3 saturated heterocycles. The number of alkyl halides is 3. The highest BCUT2D eigenvalue weighted by molar-refractivity contribution is 6.00. The van der Waals surface area contributed by atoms with E-state index in [0.29, 0.717) is 41.6 Å². The lowest BCUT2D eigenvalue weighted by Crippen LogP contribution is -2.45. The van der Waals surface area contributed by atoms with E-state index in [2.05, 4.69) is 10.3 Å². The molecule has 12 heteroatoms. The zero-order valence-electron chi connectivity index (χ0n) is 19.9. The van der Waals surface area contributed by atoms with E-state index in [4.69, 9.17) is 4.74 Å². The van der Waals surface area contributed by atoms with E-state index in [0.717, 1.165) is 12.6 Å². The number of pyridine rings is 1.